The second-order valence-corrected chi connectivity index (χ2v) is 5.06. The monoisotopic (exact) mass is 305 g/mol. The highest BCUT2D eigenvalue weighted by Crippen LogP contribution is 2.12. The van der Waals surface area contributed by atoms with E-state index >= 15 is 0 Å². The van der Waals surface area contributed by atoms with Crippen molar-refractivity contribution in [2.24, 2.45) is 21.8 Å². The Labute approximate surface area is 126 Å². The molecule has 0 fully saturated rings. The van der Waals surface area contributed by atoms with E-state index in [0.29, 0.717) is 12.4 Å². The molecule has 2 rings (SSSR count). The number of nitrogens with zero attached hydrogens (tertiary/aromatic N) is 2. The first kappa shape index (κ1) is 15.3. The number of hydrazone groups is 1. The second-order valence-electron chi connectivity index (χ2n) is 4.35. The van der Waals surface area contributed by atoms with Crippen LogP contribution in [-0.2, 0) is 6.54 Å². The van der Waals surface area contributed by atoms with Gasteiger partial charge in [0.1, 0.15) is 5.82 Å². The molecule has 110 valence electrons. The molecule has 0 aliphatic carbocycles. The van der Waals surface area contributed by atoms with E-state index in [-0.39, 0.29) is 5.82 Å². The molecule has 0 radical (unpaired) electrons. The molecule has 0 aliphatic rings. The van der Waals surface area contributed by atoms with Crippen molar-refractivity contribution < 1.29 is 4.39 Å². The molecule has 7 heteroatoms. The average Bonchev–Trinajstić information content (AvgIpc) is 2.49. The molecule has 2 aromatic carbocycles. The molecule has 0 bridgehead atoms. The molecule has 2 aromatic rings. The molecule has 0 aliphatic heterocycles. The second kappa shape index (κ2) is 7.07. The first-order valence-electron chi connectivity index (χ1n) is 6.16. The van der Waals surface area contributed by atoms with Crippen LogP contribution in [0, 0.1) is 5.82 Å². The van der Waals surface area contributed by atoms with E-state index in [2.05, 4.69) is 5.10 Å². The Morgan fingerprint density at radius 2 is 1.71 bits per heavy atom. The van der Waals surface area contributed by atoms with Gasteiger partial charge in [0.15, 0.2) is 5.84 Å². The van der Waals surface area contributed by atoms with E-state index in [9.17, 15) is 4.39 Å². The highest BCUT2D eigenvalue weighted by atomic mass is 32.2. The fourth-order valence-electron chi connectivity index (χ4n) is 1.71. The van der Waals surface area contributed by atoms with Crippen LogP contribution in [0.15, 0.2) is 58.5 Å². The van der Waals surface area contributed by atoms with Crippen LogP contribution in [0.25, 0.3) is 0 Å². The summed E-state index contributed by atoms with van der Waals surface area (Å²) in [5.41, 5.74) is 7.49. The lowest BCUT2D eigenvalue weighted by Gasteiger charge is -2.13. The van der Waals surface area contributed by atoms with Gasteiger partial charge in [-0.2, -0.15) is 0 Å². The van der Waals surface area contributed by atoms with Crippen molar-refractivity contribution in [1.29, 1.82) is 0 Å². The number of hydrazine groups is 1. The van der Waals surface area contributed by atoms with Crippen molar-refractivity contribution >= 4 is 17.8 Å². The molecular formula is C14H16FN5S. The number of hydrogen-bond donors (Lipinski definition) is 3. The maximum atomic E-state index is 12.8. The average molecular weight is 305 g/mol. The number of benzene rings is 2. The number of rotatable bonds is 5. The summed E-state index contributed by atoms with van der Waals surface area (Å²) in [6, 6.07) is 13.4. The molecule has 0 saturated heterocycles. The molecule has 21 heavy (non-hydrogen) atoms. The van der Waals surface area contributed by atoms with E-state index in [1.165, 1.54) is 17.3 Å². The summed E-state index contributed by atoms with van der Waals surface area (Å²) in [6.45, 7) is 0.331. The van der Waals surface area contributed by atoms with Gasteiger partial charge in [0.25, 0.3) is 0 Å². The molecule has 0 heterocycles. The number of hydrogen-bond acceptors (Lipinski definition) is 5. The molecule has 5 nitrogen and oxygen atoms in total. The highest BCUT2D eigenvalue weighted by Gasteiger charge is 2.03. The van der Waals surface area contributed by atoms with Crippen LogP contribution >= 0.6 is 11.9 Å². The maximum Gasteiger partial charge on any atom is 0.152 e. The zero-order chi connectivity index (χ0) is 15.2. The topological polar surface area (TPSA) is 93.7 Å². The lowest BCUT2D eigenvalue weighted by Crippen LogP contribution is -2.29. The van der Waals surface area contributed by atoms with E-state index in [4.69, 9.17) is 16.7 Å². The summed E-state index contributed by atoms with van der Waals surface area (Å²) in [5.74, 6) is 5.80. The van der Waals surface area contributed by atoms with Crippen LogP contribution in [0.1, 0.15) is 11.1 Å². The minimum Gasteiger partial charge on any atom is -0.382 e. The normalized spacial score (nSPS) is 11.5. The van der Waals surface area contributed by atoms with E-state index in [0.717, 1.165) is 28.0 Å². The van der Waals surface area contributed by atoms with E-state index in [1.54, 1.807) is 12.1 Å². The molecule has 0 amide bonds. The van der Waals surface area contributed by atoms with Gasteiger partial charge in [-0.3, -0.25) is 5.14 Å². The van der Waals surface area contributed by atoms with Crippen molar-refractivity contribution in [2.45, 2.75) is 11.4 Å². The molecule has 0 spiro atoms. The predicted molar refractivity (Wildman–Crippen MR) is 83.3 cm³/mol. The van der Waals surface area contributed by atoms with Crippen LogP contribution < -0.4 is 16.7 Å². The first-order valence-corrected chi connectivity index (χ1v) is 7.04. The summed E-state index contributed by atoms with van der Waals surface area (Å²) in [7, 11) is 0. The van der Waals surface area contributed by atoms with E-state index in [1.807, 2.05) is 24.3 Å². The minimum absolute atomic E-state index is 0.289. The van der Waals surface area contributed by atoms with E-state index < -0.39 is 0 Å². The lowest BCUT2D eigenvalue weighted by atomic mass is 10.2. The summed E-state index contributed by atoms with van der Waals surface area (Å²) in [5, 5.41) is 10.8. The maximum absolute atomic E-state index is 12.8. The Morgan fingerprint density at radius 1 is 1.10 bits per heavy atom. The van der Waals surface area contributed by atoms with Gasteiger partial charge in [-0.25, -0.2) is 15.4 Å². The number of nitrogens with two attached hydrogens (primary N) is 3. The SMILES string of the molecule is NSc1ccc(/C(N)=N/N(N)Cc2ccc(F)cc2)cc1. The summed E-state index contributed by atoms with van der Waals surface area (Å²) in [4.78, 5) is 0.933. The van der Waals surface area contributed by atoms with Crippen molar-refractivity contribution in [3.63, 3.8) is 0 Å². The first-order chi connectivity index (χ1) is 10.1. The van der Waals surface area contributed by atoms with Gasteiger partial charge in [0.05, 0.1) is 6.54 Å². The largest absolute Gasteiger partial charge is 0.382 e. The Hall–Kier alpha value is -2.09. The van der Waals surface area contributed by atoms with Gasteiger partial charge in [0, 0.05) is 10.5 Å². The molecule has 0 saturated carbocycles. The Morgan fingerprint density at radius 3 is 2.29 bits per heavy atom. The predicted octanol–water partition coefficient (Wildman–Crippen LogP) is 1.79. The number of amidine groups is 1. The van der Waals surface area contributed by atoms with Crippen molar-refractivity contribution in [2.75, 3.05) is 0 Å². The van der Waals surface area contributed by atoms with Crippen molar-refractivity contribution in [3.05, 3.63) is 65.5 Å². The van der Waals surface area contributed by atoms with Crippen molar-refractivity contribution in [1.82, 2.24) is 5.12 Å². The lowest BCUT2D eigenvalue weighted by molar-refractivity contribution is 0.290. The fraction of sp³-hybridized carbons (Fsp3) is 0.0714. The van der Waals surface area contributed by atoms with Gasteiger partial charge in [-0.05, 0) is 41.8 Å². The highest BCUT2D eigenvalue weighted by molar-refractivity contribution is 7.97. The van der Waals surface area contributed by atoms with Crippen LogP contribution in [0.2, 0.25) is 0 Å². The quantitative estimate of drug-likeness (QED) is 0.257. The van der Waals surface area contributed by atoms with Crippen LogP contribution in [0.3, 0.4) is 0 Å². The number of halogens is 1. The summed E-state index contributed by atoms with van der Waals surface area (Å²) < 4.78 is 12.8. The Bertz CT molecular complexity index is 612. The van der Waals surface area contributed by atoms with Gasteiger partial charge in [-0.15, -0.1) is 5.10 Å². The van der Waals surface area contributed by atoms with Crippen molar-refractivity contribution in [3.8, 4) is 0 Å². The zero-order valence-corrected chi connectivity index (χ0v) is 12.1. The molecular weight excluding hydrogens is 289 g/mol. The van der Waals surface area contributed by atoms with Crippen LogP contribution in [-0.4, -0.2) is 11.0 Å². The standard InChI is InChI=1S/C14H16FN5S/c15-12-5-1-10(2-6-12)9-20(17)19-14(16)11-3-7-13(21-18)8-4-11/h1-8H,9,17-18H2,(H2,16,19). The summed E-state index contributed by atoms with van der Waals surface area (Å²) >= 11 is 1.16. The van der Waals surface area contributed by atoms with Gasteiger partial charge >= 0.3 is 0 Å². The Kier molecular flexibility index (Phi) is 5.15. The molecule has 6 N–H and O–H groups in total. The fourth-order valence-corrected chi connectivity index (χ4v) is 2.01. The Balaban J connectivity index is 2.04. The van der Waals surface area contributed by atoms with Crippen LogP contribution in [0.5, 0.6) is 0 Å². The third-order valence-electron chi connectivity index (χ3n) is 2.78. The van der Waals surface area contributed by atoms with Crippen LogP contribution in [0.4, 0.5) is 4.39 Å². The third-order valence-corrected chi connectivity index (χ3v) is 3.32. The van der Waals surface area contributed by atoms with Gasteiger partial charge in [-0.1, -0.05) is 24.3 Å². The molecule has 0 unspecified atom stereocenters. The van der Waals surface area contributed by atoms with Gasteiger partial charge < -0.3 is 5.73 Å². The molecule has 0 aromatic heterocycles. The third kappa shape index (κ3) is 4.45. The van der Waals surface area contributed by atoms with Gasteiger partial charge in [0.2, 0.25) is 0 Å². The summed E-state index contributed by atoms with van der Waals surface area (Å²) in [6.07, 6.45) is 0. The minimum atomic E-state index is -0.289. The molecule has 0 atom stereocenters. The zero-order valence-electron chi connectivity index (χ0n) is 11.2. The smallest absolute Gasteiger partial charge is 0.152 e.